The van der Waals surface area contributed by atoms with Crippen molar-refractivity contribution in [3.05, 3.63) is 30.0 Å². The number of rotatable bonds is 6. The van der Waals surface area contributed by atoms with Gasteiger partial charge in [-0.15, -0.1) is 0 Å². The lowest BCUT2D eigenvalue weighted by molar-refractivity contribution is 0.0671. The number of aromatic amines is 1. The maximum absolute atomic E-state index is 12.5. The topological polar surface area (TPSA) is 71.3 Å². The highest BCUT2D eigenvalue weighted by molar-refractivity contribution is 6.07. The molecule has 5 nitrogen and oxygen atoms in total. The Labute approximate surface area is 118 Å². The first-order chi connectivity index (χ1) is 9.67. The molecule has 3 N–H and O–H groups in total. The average molecular weight is 275 g/mol. The molecule has 1 amide bonds. The van der Waals surface area contributed by atoms with Crippen LogP contribution in [0.15, 0.2) is 24.4 Å². The lowest BCUT2D eigenvalue weighted by Gasteiger charge is -2.20. The first kappa shape index (κ1) is 14.4. The predicted molar refractivity (Wildman–Crippen MR) is 80.8 cm³/mol. The number of nitrogens with zero attached hydrogens (tertiary/aromatic N) is 1. The second-order valence-corrected chi connectivity index (χ2v) is 4.59. The standard InChI is InChI=1S/C15H21N3O2/c1-3-18(7-8-20-4-2)15(19)13-10-17-14-9-11(16)5-6-12(13)14/h5-6,9-10,17H,3-4,7-8,16H2,1-2H3. The van der Waals surface area contributed by atoms with E-state index in [0.717, 1.165) is 10.9 Å². The van der Waals surface area contributed by atoms with Crippen molar-refractivity contribution in [2.75, 3.05) is 32.0 Å². The van der Waals surface area contributed by atoms with E-state index in [1.807, 2.05) is 32.0 Å². The van der Waals surface area contributed by atoms with Gasteiger partial charge in [-0.3, -0.25) is 4.79 Å². The highest BCUT2D eigenvalue weighted by Gasteiger charge is 2.17. The molecule has 0 atom stereocenters. The van der Waals surface area contributed by atoms with E-state index in [9.17, 15) is 4.79 Å². The number of nitrogens with one attached hydrogen (secondary N) is 1. The zero-order chi connectivity index (χ0) is 14.5. The molecule has 0 aliphatic carbocycles. The molecule has 1 aromatic heterocycles. The average Bonchev–Trinajstić information content (AvgIpc) is 2.86. The summed E-state index contributed by atoms with van der Waals surface area (Å²) >= 11 is 0. The Balaban J connectivity index is 2.21. The number of carbonyl (C=O) groups excluding carboxylic acids is 1. The van der Waals surface area contributed by atoms with Crippen LogP contribution in [0, 0.1) is 0 Å². The van der Waals surface area contributed by atoms with Crippen molar-refractivity contribution in [2.45, 2.75) is 13.8 Å². The van der Waals surface area contributed by atoms with Crippen LogP contribution in [0.5, 0.6) is 0 Å². The molecule has 0 saturated heterocycles. The number of nitrogens with two attached hydrogens (primary N) is 1. The Morgan fingerprint density at radius 3 is 2.90 bits per heavy atom. The number of amides is 1. The molecule has 0 bridgehead atoms. The summed E-state index contributed by atoms with van der Waals surface area (Å²) in [6, 6.07) is 5.52. The molecule has 0 unspecified atom stereocenters. The summed E-state index contributed by atoms with van der Waals surface area (Å²) in [6.45, 7) is 6.40. The quantitative estimate of drug-likeness (QED) is 0.627. The van der Waals surface area contributed by atoms with Gasteiger partial charge in [0.1, 0.15) is 0 Å². The van der Waals surface area contributed by atoms with Crippen molar-refractivity contribution >= 4 is 22.5 Å². The summed E-state index contributed by atoms with van der Waals surface area (Å²) in [5.74, 6) is 0.0169. The van der Waals surface area contributed by atoms with Gasteiger partial charge in [0.05, 0.1) is 12.2 Å². The molecule has 0 aliphatic rings. The van der Waals surface area contributed by atoms with Crippen LogP contribution < -0.4 is 5.73 Å². The van der Waals surface area contributed by atoms with E-state index in [4.69, 9.17) is 10.5 Å². The van der Waals surface area contributed by atoms with Gasteiger partial charge in [0.15, 0.2) is 0 Å². The molecule has 1 heterocycles. The molecule has 0 radical (unpaired) electrons. The smallest absolute Gasteiger partial charge is 0.256 e. The van der Waals surface area contributed by atoms with E-state index in [1.165, 1.54) is 0 Å². The number of aromatic nitrogens is 1. The number of nitrogen functional groups attached to an aromatic ring is 1. The lowest BCUT2D eigenvalue weighted by atomic mass is 10.1. The maximum atomic E-state index is 12.5. The van der Waals surface area contributed by atoms with Gasteiger partial charge >= 0.3 is 0 Å². The molecule has 0 aliphatic heterocycles. The summed E-state index contributed by atoms with van der Waals surface area (Å²) in [5, 5.41) is 0.902. The van der Waals surface area contributed by atoms with E-state index >= 15 is 0 Å². The molecule has 2 rings (SSSR count). The van der Waals surface area contributed by atoms with Crippen molar-refractivity contribution in [1.82, 2.24) is 9.88 Å². The normalized spacial score (nSPS) is 10.9. The minimum atomic E-state index is 0.0169. The van der Waals surface area contributed by atoms with Crippen LogP contribution in [-0.4, -0.2) is 42.1 Å². The van der Waals surface area contributed by atoms with Gasteiger partial charge < -0.3 is 20.4 Å². The molecule has 108 valence electrons. The third-order valence-corrected chi connectivity index (χ3v) is 3.31. The minimum absolute atomic E-state index is 0.0169. The second-order valence-electron chi connectivity index (χ2n) is 4.59. The third kappa shape index (κ3) is 2.93. The van der Waals surface area contributed by atoms with Crippen LogP contribution in [0.2, 0.25) is 0 Å². The van der Waals surface area contributed by atoms with Crippen LogP contribution in [0.1, 0.15) is 24.2 Å². The minimum Gasteiger partial charge on any atom is -0.399 e. The van der Waals surface area contributed by atoms with Gasteiger partial charge in [-0.2, -0.15) is 0 Å². The monoisotopic (exact) mass is 275 g/mol. The molecule has 0 fully saturated rings. The number of likely N-dealkylation sites (N-methyl/N-ethyl adjacent to an activating group) is 1. The first-order valence-corrected chi connectivity index (χ1v) is 6.91. The van der Waals surface area contributed by atoms with Gasteiger partial charge in [0, 0.05) is 42.5 Å². The van der Waals surface area contributed by atoms with Crippen LogP contribution in [-0.2, 0) is 4.74 Å². The number of H-pyrrole nitrogens is 1. The zero-order valence-electron chi connectivity index (χ0n) is 12.0. The van der Waals surface area contributed by atoms with E-state index in [1.54, 1.807) is 11.1 Å². The van der Waals surface area contributed by atoms with E-state index in [-0.39, 0.29) is 5.91 Å². The van der Waals surface area contributed by atoms with Gasteiger partial charge in [-0.05, 0) is 32.0 Å². The fourth-order valence-corrected chi connectivity index (χ4v) is 2.21. The number of benzene rings is 1. The Hall–Kier alpha value is -2.01. The Bertz CT molecular complexity index is 592. The number of carbonyl (C=O) groups is 1. The predicted octanol–water partition coefficient (Wildman–Crippen LogP) is 2.25. The number of hydrogen-bond donors (Lipinski definition) is 2. The van der Waals surface area contributed by atoms with E-state index in [2.05, 4.69) is 4.98 Å². The first-order valence-electron chi connectivity index (χ1n) is 6.91. The molecule has 2 aromatic rings. The fraction of sp³-hybridized carbons (Fsp3) is 0.400. The fourth-order valence-electron chi connectivity index (χ4n) is 2.21. The van der Waals surface area contributed by atoms with Crippen LogP contribution in [0.3, 0.4) is 0 Å². The van der Waals surface area contributed by atoms with Crippen LogP contribution in [0.4, 0.5) is 5.69 Å². The number of anilines is 1. The molecule has 20 heavy (non-hydrogen) atoms. The van der Waals surface area contributed by atoms with Gasteiger partial charge in [-0.25, -0.2) is 0 Å². The molecule has 1 aromatic carbocycles. The Morgan fingerprint density at radius 2 is 2.20 bits per heavy atom. The lowest BCUT2D eigenvalue weighted by Crippen LogP contribution is -2.33. The zero-order valence-corrected chi connectivity index (χ0v) is 12.0. The number of ether oxygens (including phenoxy) is 1. The molecular weight excluding hydrogens is 254 g/mol. The summed E-state index contributed by atoms with van der Waals surface area (Å²) in [5.41, 5.74) is 7.99. The van der Waals surface area contributed by atoms with E-state index < -0.39 is 0 Å². The number of hydrogen-bond acceptors (Lipinski definition) is 3. The van der Waals surface area contributed by atoms with Crippen LogP contribution >= 0.6 is 0 Å². The van der Waals surface area contributed by atoms with Crippen molar-refractivity contribution in [2.24, 2.45) is 0 Å². The van der Waals surface area contributed by atoms with E-state index in [0.29, 0.717) is 37.6 Å². The summed E-state index contributed by atoms with van der Waals surface area (Å²) < 4.78 is 5.32. The largest absolute Gasteiger partial charge is 0.399 e. The molecular formula is C15H21N3O2. The van der Waals surface area contributed by atoms with Crippen molar-refractivity contribution in [3.63, 3.8) is 0 Å². The van der Waals surface area contributed by atoms with Crippen molar-refractivity contribution in [3.8, 4) is 0 Å². The SMILES string of the molecule is CCOCCN(CC)C(=O)c1c[nH]c2cc(N)ccc12. The number of fused-ring (bicyclic) bond motifs is 1. The summed E-state index contributed by atoms with van der Waals surface area (Å²) in [7, 11) is 0. The summed E-state index contributed by atoms with van der Waals surface area (Å²) in [4.78, 5) is 17.4. The molecule has 0 spiro atoms. The summed E-state index contributed by atoms with van der Waals surface area (Å²) in [6.07, 6.45) is 1.75. The van der Waals surface area contributed by atoms with Crippen molar-refractivity contribution < 1.29 is 9.53 Å². The van der Waals surface area contributed by atoms with Gasteiger partial charge in [-0.1, -0.05) is 0 Å². The van der Waals surface area contributed by atoms with Gasteiger partial charge in [0.25, 0.3) is 5.91 Å². The maximum Gasteiger partial charge on any atom is 0.256 e. The van der Waals surface area contributed by atoms with Crippen molar-refractivity contribution in [1.29, 1.82) is 0 Å². The highest BCUT2D eigenvalue weighted by Crippen LogP contribution is 2.21. The van der Waals surface area contributed by atoms with Crippen LogP contribution in [0.25, 0.3) is 10.9 Å². The molecule has 5 heteroatoms. The highest BCUT2D eigenvalue weighted by atomic mass is 16.5. The Kier molecular flexibility index (Phi) is 4.63. The Morgan fingerprint density at radius 1 is 1.40 bits per heavy atom. The third-order valence-electron chi connectivity index (χ3n) is 3.31. The second kappa shape index (κ2) is 6.43. The van der Waals surface area contributed by atoms with Gasteiger partial charge in [0.2, 0.25) is 0 Å². The molecule has 0 saturated carbocycles.